The van der Waals surface area contributed by atoms with Gasteiger partial charge in [0.1, 0.15) is 6.67 Å². The van der Waals surface area contributed by atoms with Crippen LogP contribution in [-0.2, 0) is 46.4 Å². The zero-order valence-electron chi connectivity index (χ0n) is 17.9. The molecule has 4 rings (SSSR count). The summed E-state index contributed by atoms with van der Waals surface area (Å²) in [6.07, 6.45) is 13.7. The summed E-state index contributed by atoms with van der Waals surface area (Å²) in [7, 11) is 4.02. The van der Waals surface area contributed by atoms with Crippen LogP contribution in [0.2, 0.25) is 0 Å². The molecular formula is C22H27IrN9-2. The van der Waals surface area contributed by atoms with E-state index in [0.29, 0.717) is 13.1 Å². The summed E-state index contributed by atoms with van der Waals surface area (Å²) in [5.74, 6) is 1.67. The van der Waals surface area contributed by atoms with E-state index in [0.717, 1.165) is 50.1 Å². The first kappa shape index (κ1) is 23.9. The van der Waals surface area contributed by atoms with Crippen LogP contribution in [0.25, 0.3) is 0 Å². The molecule has 171 valence electrons. The maximum absolute atomic E-state index is 4.48. The van der Waals surface area contributed by atoms with Crippen LogP contribution >= 0.6 is 0 Å². The SMILES string of the molecule is [CH2-][n+]1cccn1CN(CCCN(Cc1ccccn1)Cc1ncc[n-]1)Cc1ncc[n-]1.[Ir]. The molecule has 0 saturated heterocycles. The number of hydrogen-bond acceptors (Lipinski definition) is 5. The van der Waals surface area contributed by atoms with Crippen molar-refractivity contribution in [3.05, 3.63) is 92.0 Å². The van der Waals surface area contributed by atoms with Gasteiger partial charge in [-0.25, -0.2) is 4.68 Å². The second-order valence-corrected chi connectivity index (χ2v) is 7.39. The van der Waals surface area contributed by atoms with Crippen LogP contribution in [0.3, 0.4) is 0 Å². The van der Waals surface area contributed by atoms with Crippen LogP contribution in [0.15, 0.2) is 67.6 Å². The molecule has 0 amide bonds. The summed E-state index contributed by atoms with van der Waals surface area (Å²) in [5.41, 5.74) is 1.04. The zero-order chi connectivity index (χ0) is 21.3. The molecule has 0 aliphatic rings. The third-order valence-corrected chi connectivity index (χ3v) is 5.01. The van der Waals surface area contributed by atoms with Gasteiger partial charge < -0.3 is 19.9 Å². The molecule has 9 nitrogen and oxygen atoms in total. The van der Waals surface area contributed by atoms with Crippen molar-refractivity contribution >= 4 is 0 Å². The quantitative estimate of drug-likeness (QED) is 0.176. The molecule has 4 heterocycles. The van der Waals surface area contributed by atoms with Crippen molar-refractivity contribution in [1.82, 2.24) is 39.4 Å². The number of hydrogen-bond donors (Lipinski definition) is 0. The largest absolute Gasteiger partial charge is 0.445 e. The Labute approximate surface area is 201 Å². The molecular weight excluding hydrogens is 583 g/mol. The van der Waals surface area contributed by atoms with Crippen molar-refractivity contribution in [2.24, 2.45) is 0 Å². The van der Waals surface area contributed by atoms with Crippen LogP contribution in [-0.4, -0.2) is 42.5 Å². The Balaban J connectivity index is 0.00000289. The predicted molar refractivity (Wildman–Crippen MR) is 114 cm³/mol. The molecule has 10 heteroatoms. The average molecular weight is 610 g/mol. The number of pyridine rings is 1. The van der Waals surface area contributed by atoms with Gasteiger partial charge in [0.2, 0.25) is 0 Å². The van der Waals surface area contributed by atoms with E-state index in [-0.39, 0.29) is 20.1 Å². The molecule has 0 aromatic carbocycles. The van der Waals surface area contributed by atoms with Crippen LogP contribution in [0.1, 0.15) is 23.8 Å². The molecule has 0 saturated carbocycles. The van der Waals surface area contributed by atoms with Gasteiger partial charge in [-0.2, -0.15) is 4.68 Å². The number of rotatable bonds is 12. The molecule has 0 atom stereocenters. The maximum Gasteiger partial charge on any atom is 0.127 e. The third-order valence-electron chi connectivity index (χ3n) is 5.01. The van der Waals surface area contributed by atoms with Crippen molar-refractivity contribution in [2.45, 2.75) is 32.7 Å². The molecule has 0 N–H and O–H groups in total. The number of imidazole rings is 2. The van der Waals surface area contributed by atoms with E-state index < -0.39 is 0 Å². The summed E-state index contributed by atoms with van der Waals surface area (Å²) in [5, 5.41) is 0. The second kappa shape index (κ2) is 12.3. The molecule has 4 aromatic heterocycles. The van der Waals surface area contributed by atoms with Gasteiger partial charge in [0.05, 0.1) is 11.9 Å². The monoisotopic (exact) mass is 610 g/mol. The van der Waals surface area contributed by atoms with Crippen LogP contribution < -0.4 is 14.6 Å². The standard InChI is InChI=1S/C22H27N9.Ir/c1-28-12-4-15-31(28)19-30(18-22-26-10-11-27-22)14-5-13-29(17-21-24-8-9-25-21)16-20-6-2-3-7-23-20;/h2-4,6-12,15H,1,5,13-14,16-19H2;/q-2;. The van der Waals surface area contributed by atoms with Gasteiger partial charge in [0.15, 0.2) is 0 Å². The van der Waals surface area contributed by atoms with E-state index in [1.165, 1.54) is 0 Å². The number of aromatic nitrogens is 7. The molecule has 32 heavy (non-hydrogen) atoms. The minimum atomic E-state index is 0. The fraction of sp³-hybridized carbons (Fsp3) is 0.318. The Bertz CT molecular complexity index is 999. The summed E-state index contributed by atoms with van der Waals surface area (Å²) < 4.78 is 3.89. The Morgan fingerprint density at radius 1 is 0.875 bits per heavy atom. The predicted octanol–water partition coefficient (Wildman–Crippen LogP) is 1.06. The average Bonchev–Trinajstić information content (AvgIpc) is 3.54. The summed E-state index contributed by atoms with van der Waals surface area (Å²) in [6, 6.07) is 8.00. The maximum atomic E-state index is 4.48. The van der Waals surface area contributed by atoms with E-state index >= 15 is 0 Å². The third kappa shape index (κ3) is 7.13. The van der Waals surface area contributed by atoms with Gasteiger partial charge >= 0.3 is 0 Å². The van der Waals surface area contributed by atoms with E-state index in [1.807, 2.05) is 41.5 Å². The molecule has 4 aromatic rings. The zero-order valence-corrected chi connectivity index (χ0v) is 20.3. The van der Waals surface area contributed by atoms with E-state index in [1.54, 1.807) is 24.8 Å². The Morgan fingerprint density at radius 3 is 2.19 bits per heavy atom. The van der Waals surface area contributed by atoms with Gasteiger partial charge in [0.25, 0.3) is 0 Å². The van der Waals surface area contributed by atoms with Crippen molar-refractivity contribution in [3.63, 3.8) is 0 Å². The summed E-state index contributed by atoms with van der Waals surface area (Å²) in [4.78, 5) is 26.5. The molecule has 0 unspecified atom stereocenters. The van der Waals surface area contributed by atoms with Crippen molar-refractivity contribution in [1.29, 1.82) is 0 Å². The molecule has 0 bridgehead atoms. The van der Waals surface area contributed by atoms with Gasteiger partial charge in [0, 0.05) is 72.3 Å². The van der Waals surface area contributed by atoms with Gasteiger partial charge in [-0.3, -0.25) is 14.8 Å². The topological polar surface area (TPSA) is 82.2 Å². The first-order valence-corrected chi connectivity index (χ1v) is 10.3. The molecule has 1 radical (unpaired) electrons. The molecule has 0 fully saturated rings. The van der Waals surface area contributed by atoms with Crippen LogP contribution in [0.4, 0.5) is 0 Å². The Morgan fingerprint density at radius 2 is 1.59 bits per heavy atom. The van der Waals surface area contributed by atoms with Gasteiger partial charge in [-0.1, -0.05) is 48.6 Å². The van der Waals surface area contributed by atoms with Crippen molar-refractivity contribution < 1.29 is 24.8 Å². The summed E-state index contributed by atoms with van der Waals surface area (Å²) in [6.45, 7) is 4.67. The summed E-state index contributed by atoms with van der Waals surface area (Å²) >= 11 is 0. The van der Waals surface area contributed by atoms with E-state index in [4.69, 9.17) is 0 Å². The van der Waals surface area contributed by atoms with Crippen LogP contribution in [0, 0.1) is 7.05 Å². The van der Waals surface area contributed by atoms with E-state index in [9.17, 15) is 0 Å². The van der Waals surface area contributed by atoms with Gasteiger partial charge in [-0.05, 0) is 18.6 Å². The fourth-order valence-corrected chi connectivity index (χ4v) is 3.50. The smallest absolute Gasteiger partial charge is 0.127 e. The van der Waals surface area contributed by atoms with Crippen molar-refractivity contribution in [3.8, 4) is 0 Å². The fourth-order valence-electron chi connectivity index (χ4n) is 3.50. The minimum absolute atomic E-state index is 0. The Kier molecular flexibility index (Phi) is 9.18. The molecule has 0 spiro atoms. The molecule has 0 aliphatic heterocycles. The van der Waals surface area contributed by atoms with Gasteiger partial charge in [-0.15, -0.1) is 0 Å². The van der Waals surface area contributed by atoms with Crippen molar-refractivity contribution in [2.75, 3.05) is 13.1 Å². The normalized spacial score (nSPS) is 11.2. The van der Waals surface area contributed by atoms with Crippen LogP contribution in [0.5, 0.6) is 0 Å². The first-order valence-electron chi connectivity index (χ1n) is 10.3. The first-order chi connectivity index (χ1) is 15.3. The van der Waals surface area contributed by atoms with E-state index in [2.05, 4.69) is 52.5 Å². The number of nitrogens with zero attached hydrogens (tertiary/aromatic N) is 9. The minimum Gasteiger partial charge on any atom is -0.445 e. The second-order valence-electron chi connectivity index (χ2n) is 7.39. The Hall–Kier alpha value is -2.78. The molecule has 0 aliphatic carbocycles.